The van der Waals surface area contributed by atoms with E-state index in [1.54, 1.807) is 17.8 Å². The number of methoxy groups -OCH3 is 1. The second-order valence-electron chi connectivity index (χ2n) is 8.35. The summed E-state index contributed by atoms with van der Waals surface area (Å²) in [6, 6.07) is 8.25. The number of aryl methyl sites for hydroxylation is 1. The van der Waals surface area contributed by atoms with Crippen molar-refractivity contribution in [2.45, 2.75) is 45.7 Å². The lowest BCUT2D eigenvalue weighted by Crippen LogP contribution is -2.24. The van der Waals surface area contributed by atoms with Crippen LogP contribution in [-0.2, 0) is 13.1 Å². The van der Waals surface area contributed by atoms with Crippen molar-refractivity contribution in [3.05, 3.63) is 47.2 Å². The van der Waals surface area contributed by atoms with Crippen LogP contribution in [0.3, 0.4) is 0 Å². The molecule has 1 aliphatic carbocycles. The first-order valence-corrected chi connectivity index (χ1v) is 11.1. The molecule has 176 valence electrons. The highest BCUT2D eigenvalue weighted by Crippen LogP contribution is 2.29. The summed E-state index contributed by atoms with van der Waals surface area (Å²) >= 11 is 0. The average Bonchev–Trinajstić information content (AvgIpc) is 3.32. The summed E-state index contributed by atoms with van der Waals surface area (Å²) in [6.07, 6.45) is 3.73. The van der Waals surface area contributed by atoms with Gasteiger partial charge in [-0.1, -0.05) is 6.07 Å². The Morgan fingerprint density at radius 2 is 2.06 bits per heavy atom. The van der Waals surface area contributed by atoms with Crippen molar-refractivity contribution >= 4 is 5.91 Å². The summed E-state index contributed by atoms with van der Waals surface area (Å²) in [5, 5.41) is 24.5. The summed E-state index contributed by atoms with van der Waals surface area (Å²) in [6.45, 7) is 2.49. The van der Waals surface area contributed by atoms with Crippen LogP contribution in [0.5, 0.6) is 5.75 Å². The van der Waals surface area contributed by atoms with E-state index in [0.717, 1.165) is 25.7 Å². The molecule has 1 aromatic carbocycles. The normalized spacial score (nSPS) is 17.7. The first kappa shape index (κ1) is 23.2. The molecule has 0 atom stereocenters. The minimum absolute atomic E-state index is 0.110. The van der Waals surface area contributed by atoms with Gasteiger partial charge < -0.3 is 10.1 Å². The van der Waals surface area contributed by atoms with E-state index in [4.69, 9.17) is 10.00 Å². The third-order valence-electron chi connectivity index (χ3n) is 5.87. The monoisotopic (exact) mass is 464 g/mol. The molecule has 3 aromatic rings. The third-order valence-corrected chi connectivity index (χ3v) is 5.87. The molecule has 2 aromatic heterocycles. The predicted octanol–water partition coefficient (Wildman–Crippen LogP) is 2.85. The molecule has 4 rings (SSSR count). The van der Waals surface area contributed by atoms with Crippen LogP contribution in [0.2, 0.25) is 0 Å². The number of halogens is 1. The van der Waals surface area contributed by atoms with Gasteiger partial charge in [0.15, 0.2) is 11.6 Å². The van der Waals surface area contributed by atoms with E-state index in [1.165, 1.54) is 25.3 Å². The first-order valence-electron chi connectivity index (χ1n) is 11.1. The first-order chi connectivity index (χ1) is 16.4. The molecule has 2 heterocycles. The molecule has 0 radical (unpaired) electrons. The molecule has 10 nitrogen and oxygen atoms in total. The second kappa shape index (κ2) is 10.3. The number of rotatable bonds is 7. The Kier molecular flexibility index (Phi) is 7.06. The van der Waals surface area contributed by atoms with Gasteiger partial charge >= 0.3 is 0 Å². The van der Waals surface area contributed by atoms with Crippen molar-refractivity contribution in [2.75, 3.05) is 7.11 Å². The lowest BCUT2D eigenvalue weighted by Gasteiger charge is -2.23. The lowest BCUT2D eigenvalue weighted by atomic mass is 9.83. The zero-order chi connectivity index (χ0) is 24.1. The van der Waals surface area contributed by atoms with E-state index in [2.05, 4.69) is 36.8 Å². The highest BCUT2D eigenvalue weighted by molar-refractivity contribution is 5.93. The fraction of sp³-hybridized carbons (Fsp3) is 0.435. The minimum atomic E-state index is -0.468. The number of carbonyl (C=O) groups excluding carboxylic acids is 1. The quantitative estimate of drug-likeness (QED) is 0.565. The summed E-state index contributed by atoms with van der Waals surface area (Å²) in [4.78, 5) is 22.8. The lowest BCUT2D eigenvalue weighted by molar-refractivity contribution is 0.0945. The van der Waals surface area contributed by atoms with Crippen molar-refractivity contribution in [1.82, 2.24) is 35.5 Å². The van der Waals surface area contributed by atoms with Crippen LogP contribution >= 0.6 is 0 Å². The maximum absolute atomic E-state index is 13.6. The molecule has 1 fully saturated rings. The Morgan fingerprint density at radius 1 is 1.26 bits per heavy atom. The van der Waals surface area contributed by atoms with Crippen LogP contribution in [0.1, 0.15) is 47.6 Å². The van der Waals surface area contributed by atoms with Gasteiger partial charge in [0.2, 0.25) is 5.82 Å². The van der Waals surface area contributed by atoms with Crippen LogP contribution in [0.25, 0.3) is 11.5 Å². The molecule has 0 unspecified atom stereocenters. The van der Waals surface area contributed by atoms with E-state index in [9.17, 15) is 9.18 Å². The van der Waals surface area contributed by atoms with E-state index in [0.29, 0.717) is 35.4 Å². The highest BCUT2D eigenvalue weighted by Gasteiger charge is 2.22. The van der Waals surface area contributed by atoms with Gasteiger partial charge in [0.05, 0.1) is 19.7 Å². The zero-order valence-corrected chi connectivity index (χ0v) is 19.0. The standard InChI is InChI=1S/C23H25FN8O2/c1-14-27-19(22-29-31-32(30-22)13-16-5-3-15(11-25)4-6-16)10-20(28-14)23(33)26-12-17-7-8-18(24)21(9-17)34-2/h7-10,15-16H,3-6,12-13H2,1-2H3,(H,26,33)/t15-,16-. The fourth-order valence-corrected chi connectivity index (χ4v) is 4.01. The zero-order valence-electron chi connectivity index (χ0n) is 19.0. The van der Waals surface area contributed by atoms with Crippen LogP contribution in [0, 0.1) is 35.9 Å². The number of nitrogens with zero attached hydrogens (tertiary/aromatic N) is 7. The average molecular weight is 465 g/mol. The van der Waals surface area contributed by atoms with Gasteiger partial charge in [0.25, 0.3) is 5.91 Å². The number of hydrogen-bond acceptors (Lipinski definition) is 8. The molecule has 1 aliphatic rings. The Hall–Kier alpha value is -3.94. The molecule has 11 heteroatoms. The minimum Gasteiger partial charge on any atom is -0.494 e. The number of amides is 1. The van der Waals surface area contributed by atoms with Gasteiger partial charge in [-0.3, -0.25) is 4.79 Å². The summed E-state index contributed by atoms with van der Waals surface area (Å²) in [7, 11) is 1.38. The van der Waals surface area contributed by atoms with Gasteiger partial charge in [-0.05, 0) is 67.5 Å². The van der Waals surface area contributed by atoms with E-state index in [1.807, 2.05) is 0 Å². The number of benzene rings is 1. The van der Waals surface area contributed by atoms with Crippen molar-refractivity contribution in [3.63, 3.8) is 0 Å². The number of nitriles is 1. The van der Waals surface area contributed by atoms with E-state index >= 15 is 0 Å². The van der Waals surface area contributed by atoms with Crippen LogP contribution in [0.4, 0.5) is 4.39 Å². The fourth-order valence-electron chi connectivity index (χ4n) is 4.01. The van der Waals surface area contributed by atoms with Gasteiger partial charge in [-0.25, -0.2) is 14.4 Å². The molecule has 34 heavy (non-hydrogen) atoms. The summed E-state index contributed by atoms with van der Waals surface area (Å²) in [5.74, 6) is 0.505. The van der Waals surface area contributed by atoms with E-state index in [-0.39, 0.29) is 23.9 Å². The van der Waals surface area contributed by atoms with Crippen molar-refractivity contribution < 1.29 is 13.9 Å². The molecule has 0 saturated heterocycles. The van der Waals surface area contributed by atoms with Crippen molar-refractivity contribution in [1.29, 1.82) is 5.26 Å². The predicted molar refractivity (Wildman–Crippen MR) is 119 cm³/mol. The number of nitrogens with one attached hydrogen (secondary N) is 1. The molecule has 1 N–H and O–H groups in total. The Balaban J connectivity index is 1.42. The highest BCUT2D eigenvalue weighted by atomic mass is 19.1. The third kappa shape index (κ3) is 5.51. The molecule has 1 saturated carbocycles. The Bertz CT molecular complexity index is 1210. The second-order valence-corrected chi connectivity index (χ2v) is 8.35. The smallest absolute Gasteiger partial charge is 0.270 e. The largest absolute Gasteiger partial charge is 0.494 e. The number of aromatic nitrogens is 6. The molecule has 0 spiro atoms. The van der Waals surface area contributed by atoms with Crippen LogP contribution in [0.15, 0.2) is 24.3 Å². The van der Waals surface area contributed by atoms with Crippen LogP contribution in [-0.4, -0.2) is 43.2 Å². The summed E-state index contributed by atoms with van der Waals surface area (Å²) < 4.78 is 18.6. The van der Waals surface area contributed by atoms with Gasteiger partial charge in [0.1, 0.15) is 17.2 Å². The molecular weight excluding hydrogens is 439 g/mol. The Morgan fingerprint density at radius 3 is 2.79 bits per heavy atom. The maximum Gasteiger partial charge on any atom is 0.270 e. The Labute approximate surface area is 196 Å². The summed E-state index contributed by atoms with van der Waals surface area (Å²) in [5.41, 5.74) is 1.26. The van der Waals surface area contributed by atoms with E-state index < -0.39 is 11.7 Å². The number of ether oxygens (including phenoxy) is 1. The SMILES string of the molecule is COc1cc(CNC(=O)c2cc(-c3nnn(C[C@H]4CC[C@H](C#N)CC4)n3)nc(C)n2)ccc1F. The number of carbonyl (C=O) groups is 1. The maximum atomic E-state index is 13.6. The van der Waals surface area contributed by atoms with Gasteiger partial charge in [-0.15, -0.1) is 10.2 Å². The topological polar surface area (TPSA) is 132 Å². The van der Waals surface area contributed by atoms with Gasteiger partial charge in [-0.2, -0.15) is 10.1 Å². The van der Waals surface area contributed by atoms with Crippen molar-refractivity contribution in [2.24, 2.45) is 11.8 Å². The van der Waals surface area contributed by atoms with Gasteiger partial charge in [0, 0.05) is 12.5 Å². The molecule has 0 aliphatic heterocycles. The molecular formula is C23H25FN8O2. The molecule has 1 amide bonds. The van der Waals surface area contributed by atoms with Crippen LogP contribution < -0.4 is 10.1 Å². The molecule has 0 bridgehead atoms. The number of hydrogen-bond donors (Lipinski definition) is 1. The number of tetrazole rings is 1. The van der Waals surface area contributed by atoms with Crippen molar-refractivity contribution in [3.8, 4) is 23.3 Å².